The number of benzene rings is 2. The van der Waals surface area contributed by atoms with E-state index in [9.17, 15) is 19.1 Å². The number of likely N-dealkylation sites (tertiary alicyclic amines) is 1. The van der Waals surface area contributed by atoms with Crippen LogP contribution in [0.5, 0.6) is 0 Å². The SMILES string of the molecule is Cc1ccc(C(C)(C)C)cc1/C(O)=C1\C(=O)C(=O)N(CCN(C)C)C1c1ccccc1F. The molecule has 2 aromatic carbocycles. The number of Topliss-reactive ketones (excluding diaryl/α,β-unsaturated/α-hetero) is 1. The summed E-state index contributed by atoms with van der Waals surface area (Å²) in [6.07, 6.45) is 0. The second-order valence-electron chi connectivity index (χ2n) is 9.60. The highest BCUT2D eigenvalue weighted by molar-refractivity contribution is 6.46. The Kier molecular flexibility index (Phi) is 6.56. The molecule has 1 aliphatic heterocycles. The van der Waals surface area contributed by atoms with E-state index >= 15 is 0 Å². The van der Waals surface area contributed by atoms with Gasteiger partial charge in [-0.15, -0.1) is 0 Å². The molecule has 170 valence electrons. The van der Waals surface area contributed by atoms with E-state index < -0.39 is 23.5 Å². The molecule has 0 aromatic heterocycles. The predicted octanol–water partition coefficient (Wildman–Crippen LogP) is 4.41. The van der Waals surface area contributed by atoms with E-state index in [-0.39, 0.29) is 28.9 Å². The maximum absolute atomic E-state index is 14.8. The van der Waals surface area contributed by atoms with Crippen molar-refractivity contribution in [2.75, 3.05) is 27.2 Å². The van der Waals surface area contributed by atoms with Crippen LogP contribution in [0.4, 0.5) is 4.39 Å². The van der Waals surface area contributed by atoms with Crippen molar-refractivity contribution in [2.24, 2.45) is 0 Å². The van der Waals surface area contributed by atoms with Crippen LogP contribution in [0.1, 0.15) is 49.1 Å². The maximum Gasteiger partial charge on any atom is 0.295 e. The average molecular weight is 439 g/mol. The Hall–Kier alpha value is -2.99. The second kappa shape index (κ2) is 8.87. The fraction of sp³-hybridized carbons (Fsp3) is 0.385. The molecule has 0 spiro atoms. The third-order valence-corrected chi connectivity index (χ3v) is 5.89. The predicted molar refractivity (Wildman–Crippen MR) is 124 cm³/mol. The molecule has 1 atom stereocenters. The molecule has 32 heavy (non-hydrogen) atoms. The van der Waals surface area contributed by atoms with Gasteiger partial charge in [0, 0.05) is 24.2 Å². The number of likely N-dealkylation sites (N-methyl/N-ethyl adjacent to an activating group) is 1. The number of nitrogens with zero attached hydrogens (tertiary/aromatic N) is 2. The molecule has 3 rings (SSSR count). The van der Waals surface area contributed by atoms with Gasteiger partial charge in [0.2, 0.25) is 0 Å². The van der Waals surface area contributed by atoms with Crippen LogP contribution in [0.2, 0.25) is 0 Å². The number of hydrogen-bond acceptors (Lipinski definition) is 4. The van der Waals surface area contributed by atoms with E-state index in [1.54, 1.807) is 18.2 Å². The first-order valence-corrected chi connectivity index (χ1v) is 10.7. The van der Waals surface area contributed by atoms with Crippen LogP contribution >= 0.6 is 0 Å². The van der Waals surface area contributed by atoms with Crippen LogP contribution in [-0.2, 0) is 15.0 Å². The van der Waals surface area contributed by atoms with E-state index in [1.807, 2.05) is 44.1 Å². The molecule has 1 heterocycles. The highest BCUT2D eigenvalue weighted by Crippen LogP contribution is 2.41. The van der Waals surface area contributed by atoms with Crippen molar-refractivity contribution >= 4 is 17.4 Å². The Morgan fingerprint density at radius 1 is 1.12 bits per heavy atom. The van der Waals surface area contributed by atoms with Crippen molar-refractivity contribution in [1.29, 1.82) is 0 Å². The molecule has 1 aliphatic rings. The van der Waals surface area contributed by atoms with E-state index in [0.29, 0.717) is 12.1 Å². The lowest BCUT2D eigenvalue weighted by Crippen LogP contribution is -2.35. The number of ketones is 1. The summed E-state index contributed by atoms with van der Waals surface area (Å²) < 4.78 is 14.8. The zero-order chi connectivity index (χ0) is 23.8. The lowest BCUT2D eigenvalue weighted by Gasteiger charge is -2.27. The van der Waals surface area contributed by atoms with Gasteiger partial charge in [-0.1, -0.05) is 51.1 Å². The van der Waals surface area contributed by atoms with Crippen LogP contribution in [0.25, 0.3) is 5.76 Å². The highest BCUT2D eigenvalue weighted by atomic mass is 19.1. The molecule has 2 aromatic rings. The Bertz CT molecular complexity index is 1080. The normalized spacial score (nSPS) is 18.6. The van der Waals surface area contributed by atoms with Crippen molar-refractivity contribution < 1.29 is 19.1 Å². The molecule has 0 saturated carbocycles. The fourth-order valence-electron chi connectivity index (χ4n) is 3.93. The summed E-state index contributed by atoms with van der Waals surface area (Å²) >= 11 is 0. The van der Waals surface area contributed by atoms with Crippen molar-refractivity contribution in [2.45, 2.75) is 39.2 Å². The van der Waals surface area contributed by atoms with Gasteiger partial charge >= 0.3 is 0 Å². The summed E-state index contributed by atoms with van der Waals surface area (Å²) in [5, 5.41) is 11.3. The first-order valence-electron chi connectivity index (χ1n) is 10.7. The summed E-state index contributed by atoms with van der Waals surface area (Å²) in [5.41, 5.74) is 2.16. The number of aliphatic hydroxyl groups is 1. The van der Waals surface area contributed by atoms with Crippen molar-refractivity contribution in [3.8, 4) is 0 Å². The van der Waals surface area contributed by atoms with Crippen molar-refractivity contribution in [3.63, 3.8) is 0 Å². The van der Waals surface area contributed by atoms with Gasteiger partial charge in [0.05, 0.1) is 11.6 Å². The van der Waals surface area contributed by atoms with Gasteiger partial charge in [-0.3, -0.25) is 9.59 Å². The van der Waals surface area contributed by atoms with Crippen LogP contribution in [0.3, 0.4) is 0 Å². The third kappa shape index (κ3) is 4.46. The molecule has 6 heteroatoms. The van der Waals surface area contributed by atoms with E-state index in [2.05, 4.69) is 20.8 Å². The van der Waals surface area contributed by atoms with Crippen LogP contribution < -0.4 is 0 Å². The molecule has 1 saturated heterocycles. The molecule has 0 bridgehead atoms. The van der Waals surface area contributed by atoms with E-state index in [4.69, 9.17) is 0 Å². The quantitative estimate of drug-likeness (QED) is 0.427. The number of aryl methyl sites for hydroxylation is 1. The molecule has 1 N–H and O–H groups in total. The van der Waals surface area contributed by atoms with Gasteiger partial charge in [-0.2, -0.15) is 0 Å². The largest absolute Gasteiger partial charge is 0.507 e. The summed E-state index contributed by atoms with van der Waals surface area (Å²) in [6, 6.07) is 10.8. The Morgan fingerprint density at radius 3 is 2.38 bits per heavy atom. The zero-order valence-corrected chi connectivity index (χ0v) is 19.6. The number of carbonyl (C=O) groups excluding carboxylic acids is 2. The lowest BCUT2D eigenvalue weighted by molar-refractivity contribution is -0.140. The summed E-state index contributed by atoms with van der Waals surface area (Å²) in [5.74, 6) is -2.32. The van der Waals surface area contributed by atoms with Gasteiger partial charge in [-0.05, 0) is 49.7 Å². The first kappa shape index (κ1) is 23.7. The minimum Gasteiger partial charge on any atom is -0.507 e. The number of rotatable bonds is 5. The molecular formula is C26H31FN2O3. The monoisotopic (exact) mass is 438 g/mol. The lowest BCUT2D eigenvalue weighted by atomic mass is 9.84. The van der Waals surface area contributed by atoms with Crippen molar-refractivity contribution in [1.82, 2.24) is 9.80 Å². The van der Waals surface area contributed by atoms with Gasteiger partial charge in [-0.25, -0.2) is 4.39 Å². The fourth-order valence-corrected chi connectivity index (χ4v) is 3.93. The van der Waals surface area contributed by atoms with E-state index in [1.165, 1.54) is 11.0 Å². The first-order chi connectivity index (χ1) is 14.9. The summed E-state index contributed by atoms with van der Waals surface area (Å²) in [4.78, 5) is 29.3. The average Bonchev–Trinajstić information content (AvgIpc) is 2.96. The Balaban J connectivity index is 2.24. The zero-order valence-electron chi connectivity index (χ0n) is 19.6. The van der Waals surface area contributed by atoms with Gasteiger partial charge in [0.15, 0.2) is 0 Å². The van der Waals surface area contributed by atoms with Gasteiger partial charge in [0.25, 0.3) is 11.7 Å². The minimum absolute atomic E-state index is 0.0759. The number of aliphatic hydroxyl groups excluding tert-OH is 1. The number of carbonyl (C=O) groups is 2. The molecule has 0 aliphatic carbocycles. The molecule has 1 amide bonds. The molecule has 5 nitrogen and oxygen atoms in total. The molecule has 1 unspecified atom stereocenters. The minimum atomic E-state index is -0.992. The molecule has 1 fully saturated rings. The Morgan fingerprint density at radius 2 is 1.78 bits per heavy atom. The summed E-state index contributed by atoms with van der Waals surface area (Å²) in [7, 11) is 3.71. The smallest absolute Gasteiger partial charge is 0.295 e. The highest BCUT2D eigenvalue weighted by Gasteiger charge is 2.46. The second-order valence-corrected chi connectivity index (χ2v) is 9.60. The Labute approximate surface area is 189 Å². The van der Waals surface area contributed by atoms with Gasteiger partial charge in [0.1, 0.15) is 11.6 Å². The van der Waals surface area contributed by atoms with Crippen molar-refractivity contribution in [3.05, 3.63) is 76.1 Å². The topological polar surface area (TPSA) is 60.9 Å². The third-order valence-electron chi connectivity index (χ3n) is 5.89. The van der Waals surface area contributed by atoms with E-state index in [0.717, 1.165) is 11.1 Å². The number of halogens is 1. The molecule has 0 radical (unpaired) electrons. The van der Waals surface area contributed by atoms with Gasteiger partial charge < -0.3 is 14.9 Å². The van der Waals surface area contributed by atoms with Crippen LogP contribution in [0, 0.1) is 12.7 Å². The number of amides is 1. The standard InChI is InChI=1S/C26H31FN2O3/c1-16-11-12-17(26(2,3)4)15-19(16)23(30)21-22(18-9-7-8-10-20(18)27)29(14-13-28(5)6)25(32)24(21)31/h7-12,15,22,30H,13-14H2,1-6H3/b23-21+. The van der Waals surface area contributed by atoms with Crippen LogP contribution in [-0.4, -0.2) is 53.8 Å². The maximum atomic E-state index is 14.8. The van der Waals surface area contributed by atoms with Crippen LogP contribution in [0.15, 0.2) is 48.0 Å². The number of hydrogen-bond donors (Lipinski definition) is 1. The molecular weight excluding hydrogens is 407 g/mol. The summed E-state index contributed by atoms with van der Waals surface area (Å²) in [6.45, 7) is 8.73.